The molecular weight excluding hydrogens is 320 g/mol. The Balaban J connectivity index is 1.61. The fraction of sp³-hybridized carbons (Fsp3) is 0.211. The number of para-hydroxylation sites is 1. The Morgan fingerprint density at radius 2 is 1.92 bits per heavy atom. The highest BCUT2D eigenvalue weighted by Crippen LogP contribution is 2.23. The molecule has 0 aliphatic rings. The molecule has 0 saturated heterocycles. The molecule has 3 aromatic rings. The Kier molecular flexibility index (Phi) is 5.01. The highest BCUT2D eigenvalue weighted by Gasteiger charge is 2.12. The van der Waals surface area contributed by atoms with Gasteiger partial charge < -0.3 is 19.8 Å². The lowest BCUT2D eigenvalue weighted by molar-refractivity contribution is 0.340. The molecule has 2 N–H and O–H groups in total. The van der Waals surface area contributed by atoms with Crippen LogP contribution in [0.25, 0.3) is 11.0 Å². The van der Waals surface area contributed by atoms with Gasteiger partial charge in [0.1, 0.15) is 17.1 Å². The van der Waals surface area contributed by atoms with E-state index in [9.17, 15) is 0 Å². The van der Waals surface area contributed by atoms with Crippen LogP contribution in [0.4, 0.5) is 5.69 Å². The quantitative estimate of drug-likeness (QED) is 0.648. The third-order valence-electron chi connectivity index (χ3n) is 3.64. The summed E-state index contributed by atoms with van der Waals surface area (Å²) in [4.78, 5) is 0. The lowest BCUT2D eigenvalue weighted by Gasteiger charge is -2.15. The molecule has 0 saturated carbocycles. The second-order valence-electron chi connectivity index (χ2n) is 5.46. The summed E-state index contributed by atoms with van der Waals surface area (Å²) in [6.07, 6.45) is 0. The van der Waals surface area contributed by atoms with Gasteiger partial charge in [-0.3, -0.25) is 0 Å². The molecule has 0 aliphatic heterocycles. The number of nitrogens with one attached hydrogen (secondary N) is 2. The van der Waals surface area contributed by atoms with E-state index in [0.29, 0.717) is 11.7 Å². The first-order valence-corrected chi connectivity index (χ1v) is 8.35. The van der Waals surface area contributed by atoms with Gasteiger partial charge in [0.05, 0.1) is 12.6 Å². The van der Waals surface area contributed by atoms with Crippen molar-refractivity contribution < 1.29 is 9.15 Å². The van der Waals surface area contributed by atoms with Crippen molar-refractivity contribution in [3.05, 3.63) is 60.4 Å². The molecule has 124 valence electrons. The Hall–Kier alpha value is -2.53. The maximum Gasteiger partial charge on any atom is 0.171 e. The second-order valence-corrected chi connectivity index (χ2v) is 5.87. The lowest BCUT2D eigenvalue weighted by Crippen LogP contribution is -2.30. The van der Waals surface area contributed by atoms with E-state index in [1.165, 1.54) is 0 Å². The highest BCUT2D eigenvalue weighted by atomic mass is 32.1. The normalized spacial score (nSPS) is 11.9. The number of hydrogen-bond acceptors (Lipinski definition) is 3. The molecule has 1 aromatic heterocycles. The van der Waals surface area contributed by atoms with Gasteiger partial charge >= 0.3 is 0 Å². The summed E-state index contributed by atoms with van der Waals surface area (Å²) in [5.41, 5.74) is 1.79. The van der Waals surface area contributed by atoms with Crippen LogP contribution in [0, 0.1) is 0 Å². The summed E-state index contributed by atoms with van der Waals surface area (Å²) in [5.74, 6) is 1.70. The van der Waals surface area contributed by atoms with E-state index in [1.54, 1.807) is 0 Å². The minimum absolute atomic E-state index is 0.0277. The van der Waals surface area contributed by atoms with E-state index in [0.717, 1.165) is 28.2 Å². The van der Waals surface area contributed by atoms with E-state index in [1.807, 2.05) is 68.4 Å². The van der Waals surface area contributed by atoms with Crippen molar-refractivity contribution in [2.24, 2.45) is 0 Å². The van der Waals surface area contributed by atoms with Crippen LogP contribution in [0.1, 0.15) is 25.6 Å². The van der Waals surface area contributed by atoms with Crippen LogP contribution in [0.5, 0.6) is 5.75 Å². The number of anilines is 1. The summed E-state index contributed by atoms with van der Waals surface area (Å²) in [6.45, 7) is 4.64. The lowest BCUT2D eigenvalue weighted by atomic mass is 10.2. The summed E-state index contributed by atoms with van der Waals surface area (Å²) < 4.78 is 11.3. The molecule has 0 unspecified atom stereocenters. The predicted molar refractivity (Wildman–Crippen MR) is 102 cm³/mol. The largest absolute Gasteiger partial charge is 0.494 e. The maximum atomic E-state index is 5.86. The molecule has 4 nitrogen and oxygen atoms in total. The average Bonchev–Trinajstić information content (AvgIpc) is 3.01. The van der Waals surface area contributed by atoms with Gasteiger partial charge in [-0.2, -0.15) is 0 Å². The van der Waals surface area contributed by atoms with Crippen LogP contribution in [0.3, 0.4) is 0 Å². The molecule has 0 aliphatic carbocycles. The number of thiocarbonyl (C=S) groups is 1. The number of ether oxygens (including phenoxy) is 1. The second kappa shape index (κ2) is 7.36. The number of benzene rings is 2. The summed E-state index contributed by atoms with van der Waals surface area (Å²) in [7, 11) is 0. The summed E-state index contributed by atoms with van der Waals surface area (Å²) in [6, 6.07) is 17.7. The molecule has 1 heterocycles. The Bertz CT molecular complexity index is 794. The molecule has 1 atom stereocenters. The molecule has 0 radical (unpaired) electrons. The first-order valence-electron chi connectivity index (χ1n) is 7.94. The van der Waals surface area contributed by atoms with Crippen LogP contribution in [0.2, 0.25) is 0 Å². The molecule has 0 bridgehead atoms. The monoisotopic (exact) mass is 340 g/mol. The molecule has 0 amide bonds. The Labute approximate surface area is 146 Å². The van der Waals surface area contributed by atoms with Crippen molar-refractivity contribution in [2.75, 3.05) is 11.9 Å². The van der Waals surface area contributed by atoms with Gasteiger partial charge in [-0.1, -0.05) is 18.2 Å². The minimum atomic E-state index is -0.0277. The van der Waals surface area contributed by atoms with Crippen molar-refractivity contribution in [2.45, 2.75) is 19.9 Å². The molecular formula is C19H20N2O2S. The van der Waals surface area contributed by atoms with Crippen molar-refractivity contribution in [3.63, 3.8) is 0 Å². The van der Waals surface area contributed by atoms with Gasteiger partial charge in [0.25, 0.3) is 0 Å². The van der Waals surface area contributed by atoms with Crippen LogP contribution < -0.4 is 15.4 Å². The third-order valence-corrected chi connectivity index (χ3v) is 3.86. The third kappa shape index (κ3) is 3.86. The van der Waals surface area contributed by atoms with E-state index in [2.05, 4.69) is 10.6 Å². The number of furan rings is 1. The fourth-order valence-corrected chi connectivity index (χ4v) is 2.75. The van der Waals surface area contributed by atoms with Gasteiger partial charge in [0, 0.05) is 11.1 Å². The van der Waals surface area contributed by atoms with E-state index < -0.39 is 0 Å². The first kappa shape index (κ1) is 16.3. The maximum absolute atomic E-state index is 5.86. The van der Waals surface area contributed by atoms with E-state index in [4.69, 9.17) is 21.4 Å². The van der Waals surface area contributed by atoms with Crippen molar-refractivity contribution >= 4 is 34.0 Å². The molecule has 0 fully saturated rings. The van der Waals surface area contributed by atoms with Crippen molar-refractivity contribution in [1.82, 2.24) is 5.32 Å². The molecule has 5 heteroatoms. The SMILES string of the molecule is CCOc1ccc(NC(=S)N[C@H](C)c2cc3ccccc3o2)cc1. The zero-order valence-corrected chi connectivity index (χ0v) is 14.5. The Morgan fingerprint density at radius 1 is 1.17 bits per heavy atom. The number of rotatable bonds is 5. The van der Waals surface area contributed by atoms with Gasteiger partial charge in [-0.05, 0) is 62.5 Å². The molecule has 0 spiro atoms. The van der Waals surface area contributed by atoms with Gasteiger partial charge in [-0.15, -0.1) is 0 Å². The predicted octanol–water partition coefficient (Wildman–Crippen LogP) is 4.88. The fourth-order valence-electron chi connectivity index (χ4n) is 2.45. The summed E-state index contributed by atoms with van der Waals surface area (Å²) >= 11 is 5.38. The standard InChI is InChI=1S/C19H20N2O2S/c1-3-22-16-10-8-15(9-11-16)21-19(24)20-13(2)18-12-14-6-4-5-7-17(14)23-18/h4-13H,3H2,1-2H3,(H2,20,21,24)/t13-/m1/s1. The number of fused-ring (bicyclic) bond motifs is 1. The van der Waals surface area contributed by atoms with Gasteiger partial charge in [-0.25, -0.2) is 0 Å². The molecule has 24 heavy (non-hydrogen) atoms. The topological polar surface area (TPSA) is 46.4 Å². The van der Waals surface area contributed by atoms with Crippen LogP contribution in [0.15, 0.2) is 59.0 Å². The average molecular weight is 340 g/mol. The minimum Gasteiger partial charge on any atom is -0.494 e. The van der Waals surface area contributed by atoms with E-state index >= 15 is 0 Å². The van der Waals surface area contributed by atoms with Gasteiger partial charge in [0.2, 0.25) is 0 Å². The van der Waals surface area contributed by atoms with Gasteiger partial charge in [0.15, 0.2) is 5.11 Å². The zero-order chi connectivity index (χ0) is 16.9. The Morgan fingerprint density at radius 3 is 2.62 bits per heavy atom. The zero-order valence-electron chi connectivity index (χ0n) is 13.7. The molecule has 3 rings (SSSR count). The highest BCUT2D eigenvalue weighted by molar-refractivity contribution is 7.80. The van der Waals surface area contributed by atoms with Crippen LogP contribution >= 0.6 is 12.2 Å². The van der Waals surface area contributed by atoms with Crippen LogP contribution in [-0.4, -0.2) is 11.7 Å². The first-order chi connectivity index (χ1) is 11.7. The summed E-state index contributed by atoms with van der Waals surface area (Å²) in [5, 5.41) is 8.05. The smallest absolute Gasteiger partial charge is 0.171 e. The van der Waals surface area contributed by atoms with Crippen LogP contribution in [-0.2, 0) is 0 Å². The van der Waals surface area contributed by atoms with Crippen molar-refractivity contribution in [1.29, 1.82) is 0 Å². The molecule has 2 aromatic carbocycles. The van der Waals surface area contributed by atoms with E-state index in [-0.39, 0.29) is 6.04 Å². The van der Waals surface area contributed by atoms with Crippen molar-refractivity contribution in [3.8, 4) is 5.75 Å². The number of hydrogen-bond donors (Lipinski definition) is 2.